The van der Waals surface area contributed by atoms with Crippen molar-refractivity contribution in [3.8, 4) is 0 Å². The normalized spacial score (nSPS) is 18.4. The SMILES string of the molecule is CCCN(CC1CCNCC1)C(C)c1ccc(I)cc1. The molecule has 1 unspecified atom stereocenters. The Hall–Kier alpha value is -0.130. The van der Waals surface area contributed by atoms with Gasteiger partial charge in [0.25, 0.3) is 0 Å². The molecule has 2 nitrogen and oxygen atoms in total. The molecule has 1 heterocycles. The van der Waals surface area contributed by atoms with Crippen molar-refractivity contribution in [3.63, 3.8) is 0 Å². The fourth-order valence-corrected chi connectivity index (χ4v) is 3.44. The molecule has 0 spiro atoms. The summed E-state index contributed by atoms with van der Waals surface area (Å²) in [7, 11) is 0. The average Bonchev–Trinajstić information content (AvgIpc) is 2.48. The summed E-state index contributed by atoms with van der Waals surface area (Å²) in [5.74, 6) is 0.870. The molecule has 1 atom stereocenters. The van der Waals surface area contributed by atoms with Gasteiger partial charge in [-0.25, -0.2) is 0 Å². The van der Waals surface area contributed by atoms with Crippen LogP contribution in [0.2, 0.25) is 0 Å². The summed E-state index contributed by atoms with van der Waals surface area (Å²) < 4.78 is 1.32. The van der Waals surface area contributed by atoms with Gasteiger partial charge < -0.3 is 5.32 Å². The summed E-state index contributed by atoms with van der Waals surface area (Å²) in [6.07, 6.45) is 3.90. The lowest BCUT2D eigenvalue weighted by Crippen LogP contribution is -2.37. The maximum absolute atomic E-state index is 3.47. The van der Waals surface area contributed by atoms with E-state index < -0.39 is 0 Å². The van der Waals surface area contributed by atoms with Gasteiger partial charge in [-0.15, -0.1) is 0 Å². The summed E-state index contributed by atoms with van der Waals surface area (Å²) in [5.41, 5.74) is 1.45. The second-order valence-corrected chi connectivity index (χ2v) is 7.16. The molecule has 0 saturated carbocycles. The average molecular weight is 386 g/mol. The van der Waals surface area contributed by atoms with Crippen LogP contribution in [-0.4, -0.2) is 31.1 Å². The predicted octanol–water partition coefficient (Wildman–Crippen LogP) is 4.06. The highest BCUT2D eigenvalue weighted by Gasteiger charge is 2.21. The number of nitrogens with zero attached hydrogens (tertiary/aromatic N) is 1. The second-order valence-electron chi connectivity index (χ2n) is 5.92. The molecule has 1 aliphatic heterocycles. The van der Waals surface area contributed by atoms with E-state index in [1.165, 1.54) is 54.6 Å². The van der Waals surface area contributed by atoms with Crippen molar-refractivity contribution < 1.29 is 0 Å². The van der Waals surface area contributed by atoms with E-state index in [-0.39, 0.29) is 0 Å². The van der Waals surface area contributed by atoms with Gasteiger partial charge in [0.1, 0.15) is 0 Å². The maximum atomic E-state index is 3.47. The Kier molecular flexibility index (Phi) is 6.78. The second kappa shape index (κ2) is 8.35. The zero-order valence-corrected chi connectivity index (χ0v) is 14.9. The lowest BCUT2D eigenvalue weighted by Gasteiger charge is -2.34. The largest absolute Gasteiger partial charge is 0.317 e. The smallest absolute Gasteiger partial charge is 0.0320 e. The third-order valence-corrected chi connectivity index (χ3v) is 5.08. The van der Waals surface area contributed by atoms with Gasteiger partial charge in [-0.05, 0) is 92.0 Å². The molecule has 0 amide bonds. The third kappa shape index (κ3) is 4.71. The number of nitrogens with one attached hydrogen (secondary N) is 1. The molecule has 20 heavy (non-hydrogen) atoms. The molecule has 1 aromatic rings. The lowest BCUT2D eigenvalue weighted by atomic mass is 9.96. The fraction of sp³-hybridized carbons (Fsp3) is 0.647. The molecule has 112 valence electrons. The van der Waals surface area contributed by atoms with Crippen LogP contribution in [-0.2, 0) is 0 Å². The van der Waals surface area contributed by atoms with E-state index in [1.807, 2.05) is 0 Å². The molecule has 1 fully saturated rings. The molecule has 0 aliphatic carbocycles. The molecule has 1 N–H and O–H groups in total. The first kappa shape index (κ1) is 16.2. The third-order valence-electron chi connectivity index (χ3n) is 4.36. The Bertz CT molecular complexity index is 384. The Labute approximate surface area is 137 Å². The minimum atomic E-state index is 0.529. The molecule has 1 saturated heterocycles. The van der Waals surface area contributed by atoms with Crippen molar-refractivity contribution in [3.05, 3.63) is 33.4 Å². The molecular formula is C17H27IN2. The maximum Gasteiger partial charge on any atom is 0.0320 e. The van der Waals surface area contributed by atoms with E-state index in [1.54, 1.807) is 0 Å². The zero-order chi connectivity index (χ0) is 14.4. The molecule has 0 radical (unpaired) electrons. The van der Waals surface area contributed by atoms with E-state index in [0.717, 1.165) is 5.92 Å². The van der Waals surface area contributed by atoms with Crippen LogP contribution in [0.25, 0.3) is 0 Å². The minimum Gasteiger partial charge on any atom is -0.317 e. The highest BCUT2D eigenvalue weighted by molar-refractivity contribution is 14.1. The van der Waals surface area contributed by atoms with E-state index in [9.17, 15) is 0 Å². The van der Waals surface area contributed by atoms with Crippen molar-refractivity contribution in [1.29, 1.82) is 0 Å². The summed E-state index contributed by atoms with van der Waals surface area (Å²) in [5, 5.41) is 3.47. The van der Waals surface area contributed by atoms with E-state index >= 15 is 0 Å². The number of hydrogen-bond donors (Lipinski definition) is 1. The molecular weight excluding hydrogens is 359 g/mol. The van der Waals surface area contributed by atoms with Gasteiger partial charge in [0, 0.05) is 16.2 Å². The van der Waals surface area contributed by atoms with Crippen molar-refractivity contribution in [1.82, 2.24) is 10.2 Å². The van der Waals surface area contributed by atoms with Gasteiger partial charge in [0.15, 0.2) is 0 Å². The van der Waals surface area contributed by atoms with Crippen LogP contribution in [0.15, 0.2) is 24.3 Å². The molecule has 3 heteroatoms. The Morgan fingerprint density at radius 2 is 1.90 bits per heavy atom. The van der Waals surface area contributed by atoms with Crippen molar-refractivity contribution in [2.75, 3.05) is 26.2 Å². The monoisotopic (exact) mass is 386 g/mol. The van der Waals surface area contributed by atoms with Gasteiger partial charge in [0.05, 0.1) is 0 Å². The number of piperidine rings is 1. The number of hydrogen-bond acceptors (Lipinski definition) is 2. The minimum absolute atomic E-state index is 0.529. The van der Waals surface area contributed by atoms with Crippen LogP contribution in [0.3, 0.4) is 0 Å². The van der Waals surface area contributed by atoms with Crippen LogP contribution < -0.4 is 5.32 Å². The molecule has 1 aliphatic rings. The summed E-state index contributed by atoms with van der Waals surface area (Å²) >= 11 is 2.38. The van der Waals surface area contributed by atoms with Crippen LogP contribution in [0, 0.1) is 9.49 Å². The Balaban J connectivity index is 2.00. The number of benzene rings is 1. The van der Waals surface area contributed by atoms with Crippen LogP contribution in [0.5, 0.6) is 0 Å². The molecule has 1 aromatic carbocycles. The summed E-state index contributed by atoms with van der Waals surface area (Å²) in [6, 6.07) is 9.55. The number of halogens is 1. The number of rotatable bonds is 6. The zero-order valence-electron chi connectivity index (χ0n) is 12.7. The van der Waals surface area contributed by atoms with Crippen molar-refractivity contribution >= 4 is 22.6 Å². The molecule has 2 rings (SSSR count). The fourth-order valence-electron chi connectivity index (χ4n) is 3.08. The van der Waals surface area contributed by atoms with Crippen LogP contribution in [0.1, 0.15) is 44.7 Å². The lowest BCUT2D eigenvalue weighted by molar-refractivity contribution is 0.161. The topological polar surface area (TPSA) is 15.3 Å². The molecule has 0 bridgehead atoms. The van der Waals surface area contributed by atoms with Crippen molar-refractivity contribution in [2.24, 2.45) is 5.92 Å². The van der Waals surface area contributed by atoms with Crippen molar-refractivity contribution in [2.45, 2.75) is 39.2 Å². The van der Waals surface area contributed by atoms with E-state index in [2.05, 4.69) is 70.9 Å². The molecule has 0 aromatic heterocycles. The Morgan fingerprint density at radius 1 is 1.25 bits per heavy atom. The quantitative estimate of drug-likeness (QED) is 0.742. The predicted molar refractivity (Wildman–Crippen MR) is 95.0 cm³/mol. The highest BCUT2D eigenvalue weighted by atomic mass is 127. The van der Waals surface area contributed by atoms with E-state index in [4.69, 9.17) is 0 Å². The first-order valence-electron chi connectivity index (χ1n) is 7.91. The standard InChI is InChI=1S/C17H27IN2/c1-3-12-20(13-15-8-10-19-11-9-15)14(2)16-4-6-17(18)7-5-16/h4-7,14-15,19H,3,8-13H2,1-2H3. The van der Waals surface area contributed by atoms with Crippen LogP contribution >= 0.6 is 22.6 Å². The van der Waals surface area contributed by atoms with Gasteiger partial charge in [0.2, 0.25) is 0 Å². The first-order chi connectivity index (χ1) is 9.70. The van der Waals surface area contributed by atoms with Gasteiger partial charge in [-0.1, -0.05) is 19.1 Å². The highest BCUT2D eigenvalue weighted by Crippen LogP contribution is 2.24. The first-order valence-corrected chi connectivity index (χ1v) is 8.98. The summed E-state index contributed by atoms with van der Waals surface area (Å²) in [6.45, 7) is 9.50. The van der Waals surface area contributed by atoms with Crippen LogP contribution in [0.4, 0.5) is 0 Å². The van der Waals surface area contributed by atoms with E-state index in [0.29, 0.717) is 6.04 Å². The van der Waals surface area contributed by atoms with Gasteiger partial charge in [-0.2, -0.15) is 0 Å². The summed E-state index contributed by atoms with van der Waals surface area (Å²) in [4.78, 5) is 2.68. The van der Waals surface area contributed by atoms with Gasteiger partial charge >= 0.3 is 0 Å². The van der Waals surface area contributed by atoms with Gasteiger partial charge in [-0.3, -0.25) is 4.90 Å². The Morgan fingerprint density at radius 3 is 2.50 bits per heavy atom.